The van der Waals surface area contributed by atoms with E-state index in [0.29, 0.717) is 22.9 Å². The molecule has 0 saturated carbocycles. The molecule has 8 heteroatoms. The van der Waals surface area contributed by atoms with E-state index in [9.17, 15) is 4.79 Å². The van der Waals surface area contributed by atoms with Crippen LogP contribution < -0.4 is 19.5 Å². The van der Waals surface area contributed by atoms with Crippen LogP contribution in [0.1, 0.15) is 29.3 Å². The van der Waals surface area contributed by atoms with Crippen molar-refractivity contribution in [2.45, 2.75) is 26.0 Å². The Morgan fingerprint density at radius 2 is 1.87 bits per heavy atom. The molecule has 0 radical (unpaired) electrons. The Balaban J connectivity index is 0.00000320. The zero-order valence-corrected chi connectivity index (χ0v) is 19.0. The highest BCUT2D eigenvalue weighted by atomic mass is 35.5. The molecule has 1 unspecified atom stereocenters. The summed E-state index contributed by atoms with van der Waals surface area (Å²) in [5, 5.41) is 3.96. The average molecular weight is 455 g/mol. The molecule has 0 fully saturated rings. The molecule has 1 atom stereocenters. The second kappa shape index (κ2) is 11.3. The molecule has 0 aromatic heterocycles. The minimum Gasteiger partial charge on any atom is -0.493 e. The van der Waals surface area contributed by atoms with Gasteiger partial charge in [-0.3, -0.25) is 4.79 Å². The van der Waals surface area contributed by atoms with Crippen LogP contribution in [0.5, 0.6) is 17.2 Å². The van der Waals surface area contributed by atoms with Crippen molar-refractivity contribution in [2.75, 3.05) is 33.9 Å². The van der Waals surface area contributed by atoms with Crippen LogP contribution in [0.25, 0.3) is 0 Å². The highest BCUT2D eigenvalue weighted by Gasteiger charge is 2.30. The smallest absolute Gasteiger partial charge is 0.260 e. The van der Waals surface area contributed by atoms with Crippen molar-refractivity contribution in [3.63, 3.8) is 0 Å². The third-order valence-corrected chi connectivity index (χ3v) is 5.20. The summed E-state index contributed by atoms with van der Waals surface area (Å²) in [6.07, 6.45) is 1.43. The van der Waals surface area contributed by atoms with Crippen molar-refractivity contribution < 1.29 is 19.0 Å². The SMILES string of the molecule is COc1ccc(CCNCCCN2C(=O)c3cc(Cl)ccc3OC2C)cc1OC.Cl. The summed E-state index contributed by atoms with van der Waals surface area (Å²) in [4.78, 5) is 14.5. The summed E-state index contributed by atoms with van der Waals surface area (Å²) >= 11 is 6.02. The van der Waals surface area contributed by atoms with Crippen molar-refractivity contribution in [3.05, 3.63) is 52.5 Å². The van der Waals surface area contributed by atoms with Crippen LogP contribution in [-0.2, 0) is 6.42 Å². The molecule has 1 N–H and O–H groups in total. The van der Waals surface area contributed by atoms with E-state index in [2.05, 4.69) is 5.32 Å². The molecule has 2 aromatic rings. The van der Waals surface area contributed by atoms with Gasteiger partial charge in [0.15, 0.2) is 17.7 Å². The van der Waals surface area contributed by atoms with Crippen LogP contribution in [0.3, 0.4) is 0 Å². The number of hydrogen-bond donors (Lipinski definition) is 1. The zero-order valence-electron chi connectivity index (χ0n) is 17.4. The van der Waals surface area contributed by atoms with Gasteiger partial charge in [0, 0.05) is 11.6 Å². The van der Waals surface area contributed by atoms with E-state index in [1.807, 2.05) is 25.1 Å². The number of rotatable bonds is 9. The lowest BCUT2D eigenvalue weighted by atomic mass is 10.1. The Morgan fingerprint density at radius 3 is 2.60 bits per heavy atom. The molecule has 0 aliphatic carbocycles. The number of carbonyl (C=O) groups is 1. The lowest BCUT2D eigenvalue weighted by Gasteiger charge is -2.34. The highest BCUT2D eigenvalue weighted by Crippen LogP contribution is 2.30. The number of amides is 1. The Bertz CT molecular complexity index is 863. The number of nitrogens with zero attached hydrogens (tertiary/aromatic N) is 1. The first-order valence-corrected chi connectivity index (χ1v) is 10.1. The van der Waals surface area contributed by atoms with Crippen LogP contribution in [0.4, 0.5) is 0 Å². The number of halogens is 2. The molecule has 1 amide bonds. The third kappa shape index (κ3) is 5.72. The predicted octanol–water partition coefficient (Wildman–Crippen LogP) is 4.18. The van der Waals surface area contributed by atoms with E-state index in [0.717, 1.165) is 37.4 Å². The predicted molar refractivity (Wildman–Crippen MR) is 121 cm³/mol. The van der Waals surface area contributed by atoms with Gasteiger partial charge >= 0.3 is 0 Å². The van der Waals surface area contributed by atoms with Gasteiger partial charge in [-0.2, -0.15) is 0 Å². The second-order valence-electron chi connectivity index (χ2n) is 6.90. The van der Waals surface area contributed by atoms with Crippen molar-refractivity contribution >= 4 is 29.9 Å². The van der Waals surface area contributed by atoms with E-state index in [1.54, 1.807) is 37.3 Å². The van der Waals surface area contributed by atoms with E-state index in [1.165, 1.54) is 5.56 Å². The molecular formula is C22H28Cl2N2O4. The maximum atomic E-state index is 12.7. The van der Waals surface area contributed by atoms with E-state index < -0.39 is 0 Å². The Labute approximate surface area is 188 Å². The van der Waals surface area contributed by atoms with Crippen LogP contribution >= 0.6 is 24.0 Å². The summed E-state index contributed by atoms with van der Waals surface area (Å²) in [5.41, 5.74) is 1.70. The molecule has 30 heavy (non-hydrogen) atoms. The van der Waals surface area contributed by atoms with Gasteiger partial charge in [-0.15, -0.1) is 12.4 Å². The zero-order chi connectivity index (χ0) is 20.8. The Morgan fingerprint density at radius 1 is 1.10 bits per heavy atom. The molecule has 0 bridgehead atoms. The Hall–Kier alpha value is -2.15. The fraction of sp³-hybridized carbons (Fsp3) is 0.409. The molecule has 6 nitrogen and oxygen atoms in total. The molecule has 0 spiro atoms. The second-order valence-corrected chi connectivity index (χ2v) is 7.34. The van der Waals surface area contributed by atoms with E-state index in [-0.39, 0.29) is 24.5 Å². The fourth-order valence-corrected chi connectivity index (χ4v) is 3.56. The molecule has 0 saturated heterocycles. The van der Waals surface area contributed by atoms with Gasteiger partial charge in [-0.05, 0) is 68.8 Å². The number of benzene rings is 2. The van der Waals surface area contributed by atoms with Crippen LogP contribution in [0.15, 0.2) is 36.4 Å². The number of methoxy groups -OCH3 is 2. The first-order chi connectivity index (χ1) is 14.0. The maximum absolute atomic E-state index is 12.7. The van der Waals surface area contributed by atoms with Gasteiger partial charge in [0.2, 0.25) is 0 Å². The standard InChI is InChI=1S/C22H27ClN2O4.ClH/c1-15-25(22(26)18-14-17(23)6-8-19(18)29-15)12-4-10-24-11-9-16-5-7-20(27-2)21(13-16)28-3;/h5-8,13-15,24H,4,9-12H2,1-3H3;1H. The average Bonchev–Trinajstić information content (AvgIpc) is 2.73. The van der Waals surface area contributed by atoms with Gasteiger partial charge in [0.25, 0.3) is 5.91 Å². The van der Waals surface area contributed by atoms with Gasteiger partial charge in [0.1, 0.15) is 5.75 Å². The summed E-state index contributed by atoms with van der Waals surface area (Å²) in [5.74, 6) is 2.03. The van der Waals surface area contributed by atoms with Gasteiger partial charge in [-0.25, -0.2) is 0 Å². The highest BCUT2D eigenvalue weighted by molar-refractivity contribution is 6.31. The fourth-order valence-electron chi connectivity index (χ4n) is 3.39. The third-order valence-electron chi connectivity index (χ3n) is 4.96. The monoisotopic (exact) mass is 454 g/mol. The van der Waals surface area contributed by atoms with E-state index >= 15 is 0 Å². The first kappa shape index (κ1) is 24.1. The lowest BCUT2D eigenvalue weighted by molar-refractivity contribution is 0.0179. The van der Waals surface area contributed by atoms with Gasteiger partial charge < -0.3 is 24.4 Å². The van der Waals surface area contributed by atoms with Crippen LogP contribution in [0.2, 0.25) is 5.02 Å². The van der Waals surface area contributed by atoms with Crippen molar-refractivity contribution in [2.24, 2.45) is 0 Å². The summed E-state index contributed by atoms with van der Waals surface area (Å²) in [7, 11) is 3.27. The molecular weight excluding hydrogens is 427 g/mol. The van der Waals surface area contributed by atoms with E-state index in [4.69, 9.17) is 25.8 Å². The largest absolute Gasteiger partial charge is 0.493 e. The van der Waals surface area contributed by atoms with Crippen LogP contribution in [0, 0.1) is 0 Å². The molecule has 164 valence electrons. The number of fused-ring (bicyclic) bond motifs is 1. The van der Waals surface area contributed by atoms with Crippen molar-refractivity contribution in [3.8, 4) is 17.2 Å². The minimum absolute atomic E-state index is 0. The topological polar surface area (TPSA) is 60.0 Å². The molecule has 2 aromatic carbocycles. The number of nitrogens with one attached hydrogen (secondary N) is 1. The van der Waals surface area contributed by atoms with Gasteiger partial charge in [-0.1, -0.05) is 17.7 Å². The normalized spacial score (nSPS) is 15.1. The quantitative estimate of drug-likeness (QED) is 0.575. The number of ether oxygens (including phenoxy) is 3. The first-order valence-electron chi connectivity index (χ1n) is 9.72. The lowest BCUT2D eigenvalue weighted by Crippen LogP contribution is -2.46. The van der Waals surface area contributed by atoms with Crippen LogP contribution in [-0.4, -0.2) is 50.9 Å². The summed E-state index contributed by atoms with van der Waals surface area (Å²) in [6, 6.07) is 11.1. The number of hydrogen-bond acceptors (Lipinski definition) is 5. The molecule has 1 heterocycles. The summed E-state index contributed by atoms with van der Waals surface area (Å²) in [6.45, 7) is 4.16. The molecule has 1 aliphatic heterocycles. The molecule has 3 rings (SSSR count). The maximum Gasteiger partial charge on any atom is 0.260 e. The van der Waals surface area contributed by atoms with Gasteiger partial charge in [0.05, 0.1) is 19.8 Å². The molecule has 1 aliphatic rings. The Kier molecular flexibility index (Phi) is 9.08. The summed E-state index contributed by atoms with van der Waals surface area (Å²) < 4.78 is 16.5. The number of carbonyl (C=O) groups excluding carboxylic acids is 1. The van der Waals surface area contributed by atoms with Crippen molar-refractivity contribution in [1.82, 2.24) is 10.2 Å². The minimum atomic E-state index is -0.289. The van der Waals surface area contributed by atoms with Crippen molar-refractivity contribution in [1.29, 1.82) is 0 Å².